The van der Waals surface area contributed by atoms with Crippen LogP contribution in [0.4, 0.5) is 10.5 Å². The first-order valence-corrected chi connectivity index (χ1v) is 7.68. The number of carbonyl (C=O) groups excluding carboxylic acids is 2. The lowest BCUT2D eigenvalue weighted by Crippen LogP contribution is -2.27. The predicted molar refractivity (Wildman–Crippen MR) is 83.1 cm³/mol. The van der Waals surface area contributed by atoms with Gasteiger partial charge < -0.3 is 14.0 Å². The molecule has 1 aliphatic rings. The number of carbonyl (C=O) groups is 2. The third-order valence-electron chi connectivity index (χ3n) is 3.47. The van der Waals surface area contributed by atoms with Crippen LogP contribution in [0.2, 0.25) is 0 Å². The van der Waals surface area contributed by atoms with E-state index in [4.69, 9.17) is 9.47 Å². The van der Waals surface area contributed by atoms with Crippen molar-refractivity contribution >= 4 is 17.7 Å². The van der Waals surface area contributed by atoms with E-state index in [0.29, 0.717) is 23.9 Å². The summed E-state index contributed by atoms with van der Waals surface area (Å²) in [6.07, 6.45) is 6.30. The molecule has 1 aromatic heterocycles. The first kappa shape index (κ1) is 16.4. The largest absolute Gasteiger partial charge is 0.462 e. The number of esters is 1. The predicted octanol–water partition coefficient (Wildman–Crippen LogP) is 3.74. The average molecular weight is 308 g/mol. The molecule has 0 aliphatic heterocycles. The highest BCUT2D eigenvalue weighted by Crippen LogP contribution is 2.34. The van der Waals surface area contributed by atoms with E-state index in [1.165, 1.54) is 6.42 Å². The van der Waals surface area contributed by atoms with E-state index in [1.807, 2.05) is 4.57 Å². The normalized spacial score (nSPS) is 15.1. The molecule has 1 aliphatic carbocycles. The van der Waals surface area contributed by atoms with Crippen molar-refractivity contribution in [2.24, 2.45) is 0 Å². The highest BCUT2D eigenvalue weighted by molar-refractivity contribution is 5.99. The van der Waals surface area contributed by atoms with Crippen molar-refractivity contribution in [3.63, 3.8) is 0 Å². The maximum absolute atomic E-state index is 12.0. The molecule has 0 saturated heterocycles. The second kappa shape index (κ2) is 6.42. The Morgan fingerprint density at radius 2 is 2.00 bits per heavy atom. The second-order valence-corrected chi connectivity index (χ2v) is 6.46. The lowest BCUT2D eigenvalue weighted by Gasteiger charge is -2.26. The van der Waals surface area contributed by atoms with Crippen LogP contribution >= 0.6 is 0 Å². The van der Waals surface area contributed by atoms with Gasteiger partial charge in [0.05, 0.1) is 12.3 Å². The van der Waals surface area contributed by atoms with Crippen molar-refractivity contribution in [2.75, 3.05) is 11.9 Å². The Labute approximate surface area is 130 Å². The van der Waals surface area contributed by atoms with Gasteiger partial charge in [-0.25, -0.2) is 9.59 Å². The van der Waals surface area contributed by atoms with Gasteiger partial charge in [0, 0.05) is 18.4 Å². The standard InChI is InChI=1S/C16H24N2O4/c1-5-21-14(19)12-9-18(11-7-6-8-11)10-13(12)17-15(20)22-16(2,3)4/h9-11H,5-8H2,1-4H3,(H,17,20). The molecule has 1 heterocycles. The number of ether oxygens (including phenoxy) is 2. The maximum Gasteiger partial charge on any atom is 0.412 e. The molecule has 0 radical (unpaired) electrons. The zero-order chi connectivity index (χ0) is 16.3. The van der Waals surface area contributed by atoms with E-state index in [1.54, 1.807) is 40.1 Å². The summed E-state index contributed by atoms with van der Waals surface area (Å²) in [5.74, 6) is -0.438. The number of anilines is 1. The topological polar surface area (TPSA) is 69.6 Å². The molecule has 1 saturated carbocycles. The number of hydrogen-bond acceptors (Lipinski definition) is 4. The van der Waals surface area contributed by atoms with Gasteiger partial charge in [0.2, 0.25) is 0 Å². The van der Waals surface area contributed by atoms with Crippen LogP contribution in [0.3, 0.4) is 0 Å². The lowest BCUT2D eigenvalue weighted by atomic mass is 9.93. The SMILES string of the molecule is CCOC(=O)c1cn(C2CCC2)cc1NC(=O)OC(C)(C)C. The van der Waals surface area contributed by atoms with Crippen LogP contribution in [0.1, 0.15) is 63.4 Å². The first-order valence-electron chi connectivity index (χ1n) is 7.68. The molecule has 1 fully saturated rings. The monoisotopic (exact) mass is 308 g/mol. The molecule has 1 aromatic rings. The Morgan fingerprint density at radius 1 is 1.32 bits per heavy atom. The lowest BCUT2D eigenvalue weighted by molar-refractivity contribution is 0.0527. The highest BCUT2D eigenvalue weighted by Gasteiger charge is 2.25. The average Bonchev–Trinajstić information content (AvgIpc) is 2.67. The molecule has 0 spiro atoms. The molecule has 6 heteroatoms. The molecule has 0 aromatic carbocycles. The van der Waals surface area contributed by atoms with Crippen LogP contribution in [0.25, 0.3) is 0 Å². The van der Waals surface area contributed by atoms with Gasteiger partial charge in [-0.05, 0) is 47.0 Å². The molecule has 0 bridgehead atoms. The quantitative estimate of drug-likeness (QED) is 0.860. The molecule has 0 unspecified atom stereocenters. The van der Waals surface area contributed by atoms with E-state index in [2.05, 4.69) is 5.32 Å². The Kier molecular flexibility index (Phi) is 4.78. The van der Waals surface area contributed by atoms with Gasteiger partial charge in [-0.2, -0.15) is 0 Å². The van der Waals surface area contributed by atoms with Gasteiger partial charge in [-0.15, -0.1) is 0 Å². The third-order valence-corrected chi connectivity index (χ3v) is 3.47. The van der Waals surface area contributed by atoms with Crippen molar-refractivity contribution in [2.45, 2.75) is 58.6 Å². The second-order valence-electron chi connectivity index (χ2n) is 6.46. The Hall–Kier alpha value is -1.98. The minimum Gasteiger partial charge on any atom is -0.462 e. The molecule has 2 rings (SSSR count). The Balaban J connectivity index is 2.18. The summed E-state index contributed by atoms with van der Waals surface area (Å²) in [6.45, 7) is 7.41. The van der Waals surface area contributed by atoms with Crippen LogP contribution < -0.4 is 5.32 Å². The Bertz CT molecular complexity index is 553. The summed E-state index contributed by atoms with van der Waals surface area (Å²) in [4.78, 5) is 24.0. The van der Waals surface area contributed by atoms with Gasteiger partial charge in [0.15, 0.2) is 0 Å². The Morgan fingerprint density at radius 3 is 2.50 bits per heavy atom. The summed E-state index contributed by atoms with van der Waals surface area (Å²) in [5.41, 5.74) is 0.198. The minimum atomic E-state index is -0.593. The fourth-order valence-electron chi connectivity index (χ4n) is 2.25. The van der Waals surface area contributed by atoms with E-state index in [9.17, 15) is 9.59 Å². The molecule has 1 amide bonds. The number of nitrogens with zero attached hydrogens (tertiary/aromatic N) is 1. The number of hydrogen-bond donors (Lipinski definition) is 1. The van der Waals surface area contributed by atoms with Crippen LogP contribution in [0.5, 0.6) is 0 Å². The fraction of sp³-hybridized carbons (Fsp3) is 0.625. The summed E-state index contributed by atoms with van der Waals surface area (Å²) >= 11 is 0. The van der Waals surface area contributed by atoms with E-state index >= 15 is 0 Å². The van der Waals surface area contributed by atoms with Gasteiger partial charge >= 0.3 is 12.1 Å². The van der Waals surface area contributed by atoms with Gasteiger partial charge in [0.25, 0.3) is 0 Å². The van der Waals surface area contributed by atoms with Gasteiger partial charge in [0.1, 0.15) is 11.2 Å². The van der Waals surface area contributed by atoms with Crippen LogP contribution in [0.15, 0.2) is 12.4 Å². The molecular formula is C16H24N2O4. The first-order chi connectivity index (χ1) is 10.3. The number of aromatic nitrogens is 1. The van der Waals surface area contributed by atoms with Crippen LogP contribution in [-0.4, -0.2) is 28.8 Å². The maximum atomic E-state index is 12.0. The van der Waals surface area contributed by atoms with Crippen molar-refractivity contribution in [1.82, 2.24) is 4.57 Å². The van der Waals surface area contributed by atoms with E-state index in [0.717, 1.165) is 12.8 Å². The van der Waals surface area contributed by atoms with Crippen LogP contribution in [0, 0.1) is 0 Å². The number of amides is 1. The summed E-state index contributed by atoms with van der Waals surface area (Å²) in [5, 5.41) is 2.65. The third kappa shape index (κ3) is 4.02. The zero-order valence-electron chi connectivity index (χ0n) is 13.6. The van der Waals surface area contributed by atoms with Crippen LogP contribution in [-0.2, 0) is 9.47 Å². The fourth-order valence-corrected chi connectivity index (χ4v) is 2.25. The smallest absolute Gasteiger partial charge is 0.412 e. The highest BCUT2D eigenvalue weighted by atomic mass is 16.6. The van der Waals surface area contributed by atoms with Crippen molar-refractivity contribution < 1.29 is 19.1 Å². The number of rotatable bonds is 4. The van der Waals surface area contributed by atoms with E-state index in [-0.39, 0.29) is 0 Å². The zero-order valence-corrected chi connectivity index (χ0v) is 13.6. The summed E-state index contributed by atoms with van der Waals surface area (Å²) in [6, 6.07) is 0.391. The molecule has 22 heavy (non-hydrogen) atoms. The summed E-state index contributed by atoms with van der Waals surface area (Å²) < 4.78 is 12.3. The molecule has 6 nitrogen and oxygen atoms in total. The molecular weight excluding hydrogens is 284 g/mol. The van der Waals surface area contributed by atoms with Crippen molar-refractivity contribution in [3.05, 3.63) is 18.0 Å². The van der Waals surface area contributed by atoms with Crippen molar-refractivity contribution in [1.29, 1.82) is 0 Å². The van der Waals surface area contributed by atoms with Gasteiger partial charge in [-0.3, -0.25) is 5.32 Å². The van der Waals surface area contributed by atoms with Crippen molar-refractivity contribution in [3.8, 4) is 0 Å². The minimum absolute atomic E-state index is 0.291. The number of nitrogens with one attached hydrogen (secondary N) is 1. The molecule has 1 N–H and O–H groups in total. The van der Waals surface area contributed by atoms with Gasteiger partial charge in [-0.1, -0.05) is 0 Å². The van der Waals surface area contributed by atoms with E-state index < -0.39 is 17.7 Å². The molecule has 0 atom stereocenters. The summed E-state index contributed by atoms with van der Waals surface area (Å²) in [7, 11) is 0. The molecule has 122 valence electrons.